The molecule has 0 aliphatic heterocycles. The molecule has 1 aromatic rings. The van der Waals surface area contributed by atoms with Gasteiger partial charge in [-0.15, -0.1) is 0 Å². The van der Waals surface area contributed by atoms with Crippen LogP contribution in [0.25, 0.3) is 0 Å². The largest absolute Gasteiger partial charge is 0.366 e. The number of hydrogen-bond acceptors (Lipinski definition) is 4. The second-order valence-electron chi connectivity index (χ2n) is 1.79. The first-order chi connectivity index (χ1) is 5.11. The number of rotatable bonds is 1. The van der Waals surface area contributed by atoms with Crippen molar-refractivity contribution in [1.82, 2.24) is 4.98 Å². The number of halogens is 1. The molecule has 5 nitrogen and oxygen atoms in total. The molecule has 0 aliphatic rings. The van der Waals surface area contributed by atoms with Crippen molar-refractivity contribution in [1.29, 1.82) is 0 Å². The third-order valence-corrected chi connectivity index (χ3v) is 1.05. The number of nitrogen functional groups attached to an aromatic ring is 1. The molecule has 1 aromatic heterocycles. The minimum Gasteiger partial charge on any atom is -0.360 e. The summed E-state index contributed by atoms with van der Waals surface area (Å²) in [4.78, 5) is 12.5. The molecule has 0 saturated carbocycles. The summed E-state index contributed by atoms with van der Waals surface area (Å²) < 4.78 is 12.4. The summed E-state index contributed by atoms with van der Waals surface area (Å²) in [5, 5.41) is 10.0. The van der Waals surface area contributed by atoms with E-state index in [2.05, 4.69) is 4.98 Å². The van der Waals surface area contributed by atoms with E-state index in [0.29, 0.717) is 0 Å². The number of hydrogen-bond donors (Lipinski definition) is 1. The van der Waals surface area contributed by atoms with Crippen molar-refractivity contribution in [2.24, 2.45) is 0 Å². The smallest absolute Gasteiger partial charge is 0.360 e. The molecule has 0 radical (unpaired) electrons. The molecular weight excluding hydrogens is 153 g/mol. The summed E-state index contributed by atoms with van der Waals surface area (Å²) >= 11 is 0. The van der Waals surface area contributed by atoms with Crippen molar-refractivity contribution in [3.05, 3.63) is 28.1 Å². The van der Waals surface area contributed by atoms with Crippen LogP contribution < -0.4 is 5.73 Å². The number of pyridine rings is 1. The van der Waals surface area contributed by atoms with E-state index in [-0.39, 0.29) is 0 Å². The minimum atomic E-state index is -0.754. The quantitative estimate of drug-likeness (QED) is 0.480. The Morgan fingerprint density at radius 1 is 1.64 bits per heavy atom. The molecule has 1 rings (SSSR count). The van der Waals surface area contributed by atoms with Gasteiger partial charge < -0.3 is 15.8 Å². The van der Waals surface area contributed by atoms with Crippen LogP contribution in [0.3, 0.4) is 0 Å². The Labute approximate surface area is 60.8 Å². The number of nitrogens with two attached hydrogens (primary N) is 1. The fourth-order valence-corrected chi connectivity index (χ4v) is 0.549. The summed E-state index contributed by atoms with van der Waals surface area (Å²) in [5.41, 5.74) is 4.97. The van der Waals surface area contributed by atoms with E-state index >= 15 is 0 Å². The molecule has 0 saturated heterocycles. The second-order valence-corrected chi connectivity index (χ2v) is 1.79. The third-order valence-electron chi connectivity index (χ3n) is 1.05. The molecule has 58 valence electrons. The predicted octanol–water partition coefficient (Wildman–Crippen LogP) is 0.711. The van der Waals surface area contributed by atoms with E-state index in [0.717, 1.165) is 12.1 Å². The highest BCUT2D eigenvalue weighted by atomic mass is 19.1. The minimum absolute atomic E-state index is 0.455. The molecule has 0 amide bonds. The van der Waals surface area contributed by atoms with Gasteiger partial charge in [0.25, 0.3) is 5.82 Å². The predicted molar refractivity (Wildman–Crippen MR) is 35.3 cm³/mol. The van der Waals surface area contributed by atoms with Gasteiger partial charge in [0, 0.05) is 6.07 Å². The molecule has 0 unspecified atom stereocenters. The molecule has 0 atom stereocenters. The van der Waals surface area contributed by atoms with Gasteiger partial charge in [-0.25, -0.2) is 4.39 Å². The van der Waals surface area contributed by atoms with Gasteiger partial charge >= 0.3 is 5.82 Å². The number of nitro groups is 1. The highest BCUT2D eigenvalue weighted by Gasteiger charge is 2.11. The first kappa shape index (κ1) is 7.39. The van der Waals surface area contributed by atoms with Crippen molar-refractivity contribution < 1.29 is 9.31 Å². The molecule has 0 fully saturated rings. The Bertz CT molecular complexity index is 302. The van der Waals surface area contributed by atoms with Gasteiger partial charge in [0.1, 0.15) is 0 Å². The van der Waals surface area contributed by atoms with Crippen LogP contribution in [0.15, 0.2) is 12.1 Å². The molecule has 11 heavy (non-hydrogen) atoms. The molecule has 6 heteroatoms. The van der Waals surface area contributed by atoms with Crippen molar-refractivity contribution >= 4 is 11.6 Å². The van der Waals surface area contributed by atoms with Crippen LogP contribution >= 0.6 is 0 Å². The van der Waals surface area contributed by atoms with Crippen LogP contribution in [-0.4, -0.2) is 9.91 Å². The maximum atomic E-state index is 12.4. The van der Waals surface area contributed by atoms with Gasteiger partial charge in [-0.2, -0.15) is 0 Å². The summed E-state index contributed by atoms with van der Waals surface area (Å²) in [6.07, 6.45) is 0. The second kappa shape index (κ2) is 2.49. The number of anilines is 1. The lowest BCUT2D eigenvalue weighted by atomic mass is 10.4. The van der Waals surface area contributed by atoms with E-state index in [4.69, 9.17) is 5.73 Å². The zero-order valence-corrected chi connectivity index (χ0v) is 5.32. The Hall–Kier alpha value is -1.72. The van der Waals surface area contributed by atoms with Gasteiger partial charge in [-0.3, -0.25) is 0 Å². The lowest BCUT2D eigenvalue weighted by Gasteiger charge is -1.91. The van der Waals surface area contributed by atoms with E-state index in [1.165, 1.54) is 0 Å². The van der Waals surface area contributed by atoms with Gasteiger partial charge in [-0.05, 0) is 16.0 Å². The number of nitrogens with zero attached hydrogens (tertiary/aromatic N) is 2. The van der Waals surface area contributed by atoms with Crippen LogP contribution in [0.4, 0.5) is 16.0 Å². The normalized spacial score (nSPS) is 9.55. The molecule has 0 spiro atoms. The van der Waals surface area contributed by atoms with E-state index in [1.54, 1.807) is 0 Å². The maximum Gasteiger partial charge on any atom is 0.366 e. The van der Waals surface area contributed by atoms with Crippen LogP contribution in [0.2, 0.25) is 0 Å². The highest BCUT2D eigenvalue weighted by molar-refractivity contribution is 5.35. The van der Waals surface area contributed by atoms with Gasteiger partial charge in [-0.1, -0.05) is 0 Å². The van der Waals surface area contributed by atoms with E-state index in [1.807, 2.05) is 0 Å². The van der Waals surface area contributed by atoms with Crippen molar-refractivity contribution in [3.63, 3.8) is 0 Å². The summed E-state index contributed by atoms with van der Waals surface area (Å²) in [6, 6.07) is 1.85. The zero-order valence-electron chi connectivity index (χ0n) is 5.32. The molecule has 1 heterocycles. The molecule has 0 aliphatic carbocycles. The monoisotopic (exact) mass is 157 g/mol. The van der Waals surface area contributed by atoms with Crippen molar-refractivity contribution in [3.8, 4) is 0 Å². The van der Waals surface area contributed by atoms with Gasteiger partial charge in [0.05, 0.1) is 0 Å². The first-order valence-electron chi connectivity index (χ1n) is 2.67. The Balaban J connectivity index is 3.15. The summed E-state index contributed by atoms with van der Waals surface area (Å²) in [5.74, 6) is -1.67. The maximum absolute atomic E-state index is 12.4. The molecule has 2 N–H and O–H groups in total. The SMILES string of the molecule is Nc1nc([N+](=O)[O-])ccc1F. The number of aromatic nitrogens is 1. The fraction of sp³-hybridized carbons (Fsp3) is 0. The molecule has 0 aromatic carbocycles. The van der Waals surface area contributed by atoms with Crippen LogP contribution in [0.1, 0.15) is 0 Å². The van der Waals surface area contributed by atoms with E-state index in [9.17, 15) is 14.5 Å². The van der Waals surface area contributed by atoms with Crippen LogP contribution in [0, 0.1) is 15.9 Å². The molecular formula is C5H4FN3O2. The van der Waals surface area contributed by atoms with Crippen LogP contribution in [0.5, 0.6) is 0 Å². The summed E-state index contributed by atoms with van der Waals surface area (Å²) in [6.45, 7) is 0. The Kier molecular flexibility index (Phi) is 1.67. The Morgan fingerprint density at radius 2 is 2.27 bits per heavy atom. The average Bonchev–Trinajstić information content (AvgIpc) is 1.94. The highest BCUT2D eigenvalue weighted by Crippen LogP contribution is 2.12. The standard InChI is InChI=1S/C5H4FN3O2/c6-3-1-2-4(9(10)11)8-5(3)7/h1-2H,(H2,7,8). The lowest BCUT2D eigenvalue weighted by Crippen LogP contribution is -1.98. The first-order valence-corrected chi connectivity index (χ1v) is 2.67. The molecule has 0 bridgehead atoms. The topological polar surface area (TPSA) is 82.0 Å². The van der Waals surface area contributed by atoms with E-state index < -0.39 is 22.4 Å². The third kappa shape index (κ3) is 1.40. The average molecular weight is 157 g/mol. The zero-order chi connectivity index (χ0) is 8.43. The van der Waals surface area contributed by atoms with Crippen molar-refractivity contribution in [2.45, 2.75) is 0 Å². The summed E-state index contributed by atoms with van der Waals surface area (Å²) in [7, 11) is 0. The fourth-order valence-electron chi connectivity index (χ4n) is 0.549. The van der Waals surface area contributed by atoms with Crippen molar-refractivity contribution in [2.75, 3.05) is 5.73 Å². The lowest BCUT2D eigenvalue weighted by molar-refractivity contribution is -0.389. The van der Waals surface area contributed by atoms with Gasteiger partial charge in [0.15, 0.2) is 5.82 Å². The Morgan fingerprint density at radius 3 is 2.73 bits per heavy atom. The van der Waals surface area contributed by atoms with Gasteiger partial charge in [0.2, 0.25) is 0 Å². The van der Waals surface area contributed by atoms with Crippen LogP contribution in [-0.2, 0) is 0 Å².